The molecule has 88 valence electrons. The van der Waals surface area contributed by atoms with Crippen molar-refractivity contribution < 1.29 is 4.74 Å². The summed E-state index contributed by atoms with van der Waals surface area (Å²) in [5, 5.41) is 5.74. The first-order valence-corrected chi connectivity index (χ1v) is 6.43. The molecule has 3 aromatic rings. The second kappa shape index (κ2) is 3.71. The molecule has 0 saturated carbocycles. The van der Waals surface area contributed by atoms with Gasteiger partial charge in [-0.15, -0.1) is 0 Å². The van der Waals surface area contributed by atoms with Crippen molar-refractivity contribution in [1.82, 2.24) is 0 Å². The highest BCUT2D eigenvalue weighted by molar-refractivity contribution is 6.31. The van der Waals surface area contributed by atoms with E-state index in [0.29, 0.717) is 0 Å². The summed E-state index contributed by atoms with van der Waals surface area (Å²) in [6.45, 7) is 0.840. The number of rotatable bonds is 1. The van der Waals surface area contributed by atoms with Gasteiger partial charge in [0, 0.05) is 5.02 Å². The zero-order valence-electron chi connectivity index (χ0n) is 9.69. The van der Waals surface area contributed by atoms with Crippen molar-refractivity contribution in [2.45, 2.75) is 6.10 Å². The molecule has 1 heterocycles. The molecule has 18 heavy (non-hydrogen) atoms. The van der Waals surface area contributed by atoms with Crippen molar-refractivity contribution in [1.29, 1.82) is 0 Å². The van der Waals surface area contributed by atoms with Gasteiger partial charge in [0.15, 0.2) is 0 Å². The van der Waals surface area contributed by atoms with Gasteiger partial charge in [0.1, 0.15) is 6.10 Å². The SMILES string of the molecule is Clc1ccc2ccc3c([C@H]4CO4)cccc3c2c1. The van der Waals surface area contributed by atoms with Gasteiger partial charge < -0.3 is 4.74 Å². The lowest BCUT2D eigenvalue weighted by atomic mass is 9.97. The van der Waals surface area contributed by atoms with Crippen LogP contribution in [0.1, 0.15) is 11.7 Å². The number of benzene rings is 3. The van der Waals surface area contributed by atoms with Crippen LogP contribution in [0.5, 0.6) is 0 Å². The molecule has 0 bridgehead atoms. The molecule has 0 aromatic heterocycles. The summed E-state index contributed by atoms with van der Waals surface area (Å²) in [6.07, 6.45) is 0.283. The Morgan fingerprint density at radius 2 is 1.78 bits per heavy atom. The second-order valence-corrected chi connectivity index (χ2v) is 5.13. The van der Waals surface area contributed by atoms with Crippen molar-refractivity contribution in [3.05, 3.63) is 59.1 Å². The monoisotopic (exact) mass is 254 g/mol. The average Bonchev–Trinajstić information content (AvgIpc) is 3.22. The Labute approximate surface area is 110 Å². The first-order chi connectivity index (χ1) is 8.83. The Hall–Kier alpha value is -1.57. The fourth-order valence-electron chi connectivity index (χ4n) is 2.59. The predicted octanol–water partition coefficient (Wildman–Crippen LogP) is 4.72. The van der Waals surface area contributed by atoms with E-state index in [1.165, 1.54) is 27.1 Å². The molecule has 1 saturated heterocycles. The average molecular weight is 255 g/mol. The number of ether oxygens (including phenoxy) is 1. The largest absolute Gasteiger partial charge is 0.368 e. The van der Waals surface area contributed by atoms with Crippen molar-refractivity contribution in [3.8, 4) is 0 Å². The van der Waals surface area contributed by atoms with Crippen LogP contribution in [-0.4, -0.2) is 6.61 Å². The maximum absolute atomic E-state index is 6.11. The lowest BCUT2D eigenvalue weighted by Crippen LogP contribution is -1.85. The lowest BCUT2D eigenvalue weighted by molar-refractivity contribution is 0.417. The summed E-state index contributed by atoms with van der Waals surface area (Å²) in [5.74, 6) is 0. The van der Waals surface area contributed by atoms with Crippen molar-refractivity contribution in [3.63, 3.8) is 0 Å². The molecule has 1 aliphatic heterocycles. The molecular weight excluding hydrogens is 244 g/mol. The third-order valence-electron chi connectivity index (χ3n) is 3.56. The van der Waals surface area contributed by atoms with Gasteiger partial charge in [-0.1, -0.05) is 48.0 Å². The summed E-state index contributed by atoms with van der Waals surface area (Å²) in [4.78, 5) is 0. The van der Waals surface area contributed by atoms with Crippen LogP contribution in [0, 0.1) is 0 Å². The highest BCUT2D eigenvalue weighted by Gasteiger charge is 2.26. The van der Waals surface area contributed by atoms with E-state index in [0.717, 1.165) is 11.6 Å². The Kier molecular flexibility index (Phi) is 2.14. The van der Waals surface area contributed by atoms with Crippen molar-refractivity contribution in [2.75, 3.05) is 6.61 Å². The minimum absolute atomic E-state index is 0.283. The smallest absolute Gasteiger partial charge is 0.107 e. The van der Waals surface area contributed by atoms with Gasteiger partial charge in [-0.2, -0.15) is 0 Å². The zero-order valence-corrected chi connectivity index (χ0v) is 10.4. The summed E-state index contributed by atoms with van der Waals surface area (Å²) in [6, 6.07) is 16.8. The number of fused-ring (bicyclic) bond motifs is 3. The zero-order chi connectivity index (χ0) is 12.1. The Morgan fingerprint density at radius 3 is 2.61 bits per heavy atom. The highest BCUT2D eigenvalue weighted by atomic mass is 35.5. The van der Waals surface area contributed by atoms with Crippen LogP contribution in [-0.2, 0) is 4.74 Å². The maximum atomic E-state index is 6.11. The normalized spacial score (nSPS) is 18.4. The van der Waals surface area contributed by atoms with E-state index in [9.17, 15) is 0 Å². The van der Waals surface area contributed by atoms with E-state index < -0.39 is 0 Å². The molecule has 4 rings (SSSR count). The molecular formula is C16H11ClO. The Bertz CT molecular complexity index is 759. The van der Waals surface area contributed by atoms with E-state index in [2.05, 4.69) is 36.4 Å². The van der Waals surface area contributed by atoms with Gasteiger partial charge >= 0.3 is 0 Å². The van der Waals surface area contributed by atoms with E-state index >= 15 is 0 Å². The third-order valence-corrected chi connectivity index (χ3v) is 3.79. The molecule has 0 radical (unpaired) electrons. The van der Waals surface area contributed by atoms with Crippen molar-refractivity contribution >= 4 is 33.1 Å². The quantitative estimate of drug-likeness (QED) is 0.452. The molecule has 0 N–H and O–H groups in total. The predicted molar refractivity (Wildman–Crippen MR) is 75.2 cm³/mol. The standard InChI is InChI=1S/C16H11ClO/c17-11-6-4-10-5-7-13-12(15(10)8-11)2-1-3-14(13)16-9-18-16/h1-8,16H,9H2/t16-/m1/s1. The number of halogens is 1. The van der Waals surface area contributed by atoms with Crippen LogP contribution in [0.2, 0.25) is 5.02 Å². The Balaban J connectivity index is 2.15. The minimum Gasteiger partial charge on any atom is -0.368 e. The van der Waals surface area contributed by atoms with Gasteiger partial charge in [-0.25, -0.2) is 0 Å². The number of hydrogen-bond donors (Lipinski definition) is 0. The Morgan fingerprint density at radius 1 is 0.944 bits per heavy atom. The van der Waals surface area contributed by atoms with Crippen LogP contribution in [0.15, 0.2) is 48.5 Å². The van der Waals surface area contributed by atoms with Crippen LogP contribution >= 0.6 is 11.6 Å². The fourth-order valence-corrected chi connectivity index (χ4v) is 2.76. The van der Waals surface area contributed by atoms with Crippen molar-refractivity contribution in [2.24, 2.45) is 0 Å². The van der Waals surface area contributed by atoms with Crippen LogP contribution in [0.25, 0.3) is 21.5 Å². The molecule has 0 spiro atoms. The van der Waals surface area contributed by atoms with Gasteiger partial charge in [0.05, 0.1) is 6.61 Å². The topological polar surface area (TPSA) is 12.5 Å². The molecule has 1 fully saturated rings. The molecule has 1 aliphatic rings. The third kappa shape index (κ3) is 1.52. The molecule has 0 aliphatic carbocycles. The minimum atomic E-state index is 0.283. The first kappa shape index (κ1) is 10.4. The van der Waals surface area contributed by atoms with E-state index in [1.807, 2.05) is 12.1 Å². The highest BCUT2D eigenvalue weighted by Crippen LogP contribution is 2.37. The molecule has 0 amide bonds. The first-order valence-electron chi connectivity index (χ1n) is 6.05. The summed E-state index contributed by atoms with van der Waals surface area (Å²) < 4.78 is 5.41. The molecule has 3 aromatic carbocycles. The van der Waals surface area contributed by atoms with Crippen LogP contribution in [0.3, 0.4) is 0 Å². The van der Waals surface area contributed by atoms with Crippen LogP contribution < -0.4 is 0 Å². The second-order valence-electron chi connectivity index (χ2n) is 4.70. The van der Waals surface area contributed by atoms with Gasteiger partial charge in [-0.05, 0) is 39.2 Å². The molecule has 0 unspecified atom stereocenters. The van der Waals surface area contributed by atoms with Crippen LogP contribution in [0.4, 0.5) is 0 Å². The van der Waals surface area contributed by atoms with E-state index in [1.54, 1.807) is 0 Å². The molecule has 1 atom stereocenters. The van der Waals surface area contributed by atoms with E-state index in [4.69, 9.17) is 16.3 Å². The fraction of sp³-hybridized carbons (Fsp3) is 0.125. The van der Waals surface area contributed by atoms with Gasteiger partial charge in [0.25, 0.3) is 0 Å². The summed E-state index contributed by atoms with van der Waals surface area (Å²) in [5.41, 5.74) is 1.29. The summed E-state index contributed by atoms with van der Waals surface area (Å²) in [7, 11) is 0. The van der Waals surface area contributed by atoms with Gasteiger partial charge in [-0.3, -0.25) is 0 Å². The number of hydrogen-bond acceptors (Lipinski definition) is 1. The lowest BCUT2D eigenvalue weighted by Gasteiger charge is -2.07. The van der Waals surface area contributed by atoms with Gasteiger partial charge in [0.2, 0.25) is 0 Å². The molecule has 1 nitrogen and oxygen atoms in total. The van der Waals surface area contributed by atoms with E-state index in [-0.39, 0.29) is 6.10 Å². The summed E-state index contributed by atoms with van der Waals surface area (Å²) >= 11 is 6.11. The maximum Gasteiger partial charge on any atom is 0.107 e. The molecule has 2 heteroatoms. The number of epoxide rings is 1.